The summed E-state index contributed by atoms with van der Waals surface area (Å²) in [5.74, 6) is -0.431. The lowest BCUT2D eigenvalue weighted by atomic mass is 10.2. The number of anilines is 2. The number of hydrogen-bond acceptors (Lipinski definition) is 3. The molecule has 4 nitrogen and oxygen atoms in total. The molecule has 1 aliphatic rings. The third kappa shape index (κ3) is 2.94. The Morgan fingerprint density at radius 2 is 1.68 bits per heavy atom. The van der Waals surface area contributed by atoms with E-state index in [9.17, 15) is 9.59 Å². The van der Waals surface area contributed by atoms with Crippen LogP contribution in [-0.2, 0) is 9.59 Å². The average molecular weight is 424 g/mol. The van der Waals surface area contributed by atoms with Crippen LogP contribution < -0.4 is 10.2 Å². The van der Waals surface area contributed by atoms with E-state index >= 15 is 0 Å². The summed E-state index contributed by atoms with van der Waals surface area (Å²) < 4.78 is 1.76. The molecule has 2 amide bonds. The molecule has 22 heavy (non-hydrogen) atoms. The van der Waals surface area contributed by atoms with Crippen LogP contribution in [0.2, 0.25) is 0 Å². The zero-order valence-electron chi connectivity index (χ0n) is 11.4. The van der Waals surface area contributed by atoms with Gasteiger partial charge in [-0.1, -0.05) is 28.1 Å². The minimum atomic E-state index is -0.546. The van der Waals surface area contributed by atoms with E-state index in [2.05, 4.69) is 37.2 Å². The number of rotatable bonds is 3. The zero-order valence-corrected chi connectivity index (χ0v) is 14.6. The van der Waals surface area contributed by atoms with E-state index in [4.69, 9.17) is 0 Å². The molecule has 0 unspecified atom stereocenters. The second-order valence-corrected chi connectivity index (χ2v) is 6.69. The number of carbonyl (C=O) groups excluding carboxylic acids is 2. The summed E-state index contributed by atoms with van der Waals surface area (Å²) in [4.78, 5) is 26.0. The maximum absolute atomic E-state index is 12.5. The Morgan fingerprint density at radius 1 is 1.00 bits per heavy atom. The SMILES string of the molecule is O=C1C[C@H](Nc2ccccc2Br)C(=O)N1c1ccc(Br)cc1. The van der Waals surface area contributed by atoms with E-state index in [1.807, 2.05) is 36.4 Å². The summed E-state index contributed by atoms with van der Waals surface area (Å²) in [5, 5.41) is 3.13. The molecule has 1 saturated heterocycles. The van der Waals surface area contributed by atoms with Gasteiger partial charge in [0.25, 0.3) is 5.91 Å². The van der Waals surface area contributed by atoms with Gasteiger partial charge in [-0.15, -0.1) is 0 Å². The predicted molar refractivity (Wildman–Crippen MR) is 92.8 cm³/mol. The predicted octanol–water partition coefficient (Wildman–Crippen LogP) is 3.96. The molecule has 2 aromatic carbocycles. The molecule has 1 N–H and O–H groups in total. The Bertz CT molecular complexity index is 731. The van der Waals surface area contributed by atoms with E-state index in [-0.39, 0.29) is 18.2 Å². The first kappa shape index (κ1) is 15.2. The van der Waals surface area contributed by atoms with Crippen molar-refractivity contribution in [1.29, 1.82) is 0 Å². The van der Waals surface area contributed by atoms with Crippen molar-refractivity contribution in [2.45, 2.75) is 12.5 Å². The van der Waals surface area contributed by atoms with Crippen LogP contribution in [0, 0.1) is 0 Å². The van der Waals surface area contributed by atoms with Gasteiger partial charge in [0, 0.05) is 14.6 Å². The Morgan fingerprint density at radius 3 is 2.36 bits per heavy atom. The van der Waals surface area contributed by atoms with Crippen molar-refractivity contribution in [3.8, 4) is 0 Å². The van der Waals surface area contributed by atoms with E-state index in [0.717, 1.165) is 14.6 Å². The first-order valence-corrected chi connectivity index (χ1v) is 8.28. The minimum Gasteiger partial charge on any atom is -0.372 e. The number of hydrogen-bond donors (Lipinski definition) is 1. The van der Waals surface area contributed by atoms with E-state index in [1.165, 1.54) is 4.90 Å². The molecular formula is C16H12Br2N2O2. The van der Waals surface area contributed by atoms with Crippen molar-refractivity contribution in [3.05, 3.63) is 57.5 Å². The van der Waals surface area contributed by atoms with Gasteiger partial charge in [-0.2, -0.15) is 0 Å². The summed E-state index contributed by atoms with van der Waals surface area (Å²) in [7, 11) is 0. The highest BCUT2D eigenvalue weighted by atomic mass is 79.9. The quantitative estimate of drug-likeness (QED) is 0.760. The summed E-state index contributed by atoms with van der Waals surface area (Å²) in [5.41, 5.74) is 1.39. The molecule has 2 aromatic rings. The minimum absolute atomic E-state index is 0.149. The molecule has 1 aliphatic heterocycles. The molecule has 0 radical (unpaired) electrons. The molecule has 0 spiro atoms. The van der Waals surface area contributed by atoms with E-state index < -0.39 is 6.04 Å². The number of amides is 2. The van der Waals surface area contributed by atoms with Crippen LogP contribution in [0.5, 0.6) is 0 Å². The van der Waals surface area contributed by atoms with Crippen LogP contribution in [-0.4, -0.2) is 17.9 Å². The van der Waals surface area contributed by atoms with Crippen LogP contribution >= 0.6 is 31.9 Å². The molecule has 0 aliphatic carbocycles. The Balaban J connectivity index is 1.82. The molecule has 1 heterocycles. The van der Waals surface area contributed by atoms with E-state index in [1.54, 1.807) is 12.1 Å². The molecule has 112 valence electrons. The number of nitrogens with one attached hydrogen (secondary N) is 1. The maximum Gasteiger partial charge on any atom is 0.256 e. The highest BCUT2D eigenvalue weighted by Gasteiger charge is 2.39. The molecule has 1 fully saturated rings. The summed E-state index contributed by atoms with van der Waals surface area (Å²) in [6.07, 6.45) is 0.149. The molecule has 3 rings (SSSR count). The number of nitrogens with zero attached hydrogens (tertiary/aromatic N) is 1. The molecule has 0 aromatic heterocycles. The smallest absolute Gasteiger partial charge is 0.256 e. The fraction of sp³-hybridized carbons (Fsp3) is 0.125. The van der Waals surface area contributed by atoms with Crippen molar-refractivity contribution in [2.75, 3.05) is 10.2 Å². The lowest BCUT2D eigenvalue weighted by Gasteiger charge is -2.16. The summed E-state index contributed by atoms with van der Waals surface area (Å²) >= 11 is 6.77. The van der Waals surface area contributed by atoms with Crippen molar-refractivity contribution in [3.63, 3.8) is 0 Å². The molecular weight excluding hydrogens is 412 g/mol. The van der Waals surface area contributed by atoms with Gasteiger partial charge in [0.05, 0.1) is 12.1 Å². The molecule has 0 saturated carbocycles. The molecule has 0 bridgehead atoms. The summed E-state index contributed by atoms with van der Waals surface area (Å²) in [6, 6.07) is 14.1. The third-order valence-corrected chi connectivity index (χ3v) is 4.66. The van der Waals surface area contributed by atoms with Crippen LogP contribution in [0.4, 0.5) is 11.4 Å². The first-order chi connectivity index (χ1) is 10.6. The lowest BCUT2D eigenvalue weighted by Crippen LogP contribution is -2.34. The van der Waals surface area contributed by atoms with Gasteiger partial charge in [-0.05, 0) is 52.3 Å². The van der Waals surface area contributed by atoms with Gasteiger partial charge in [-0.3, -0.25) is 9.59 Å². The van der Waals surface area contributed by atoms with Gasteiger partial charge in [-0.25, -0.2) is 4.90 Å². The monoisotopic (exact) mass is 422 g/mol. The number of carbonyl (C=O) groups is 2. The van der Waals surface area contributed by atoms with Crippen molar-refractivity contribution < 1.29 is 9.59 Å². The number of para-hydroxylation sites is 1. The average Bonchev–Trinajstić information content (AvgIpc) is 2.77. The van der Waals surface area contributed by atoms with E-state index in [0.29, 0.717) is 5.69 Å². The van der Waals surface area contributed by atoms with Gasteiger partial charge in [0.1, 0.15) is 6.04 Å². The van der Waals surface area contributed by atoms with Crippen LogP contribution in [0.3, 0.4) is 0 Å². The Labute approximate surface area is 144 Å². The Kier molecular flexibility index (Phi) is 4.31. The summed E-state index contributed by atoms with van der Waals surface area (Å²) in [6.45, 7) is 0. The normalized spacial score (nSPS) is 17.9. The fourth-order valence-corrected chi connectivity index (χ4v) is 3.04. The van der Waals surface area contributed by atoms with Crippen molar-refractivity contribution in [1.82, 2.24) is 0 Å². The highest BCUT2D eigenvalue weighted by Crippen LogP contribution is 2.28. The second kappa shape index (κ2) is 6.22. The van der Waals surface area contributed by atoms with Gasteiger partial charge in [0.2, 0.25) is 5.91 Å². The van der Waals surface area contributed by atoms with Crippen LogP contribution in [0.1, 0.15) is 6.42 Å². The standard InChI is InChI=1S/C16H12Br2N2O2/c17-10-5-7-11(8-6-10)20-15(21)9-14(16(20)22)19-13-4-2-1-3-12(13)18/h1-8,14,19H,9H2/t14-/m0/s1. The lowest BCUT2D eigenvalue weighted by molar-refractivity contribution is -0.121. The Hall–Kier alpha value is -1.66. The zero-order chi connectivity index (χ0) is 15.7. The maximum atomic E-state index is 12.5. The van der Waals surface area contributed by atoms with Crippen LogP contribution in [0.25, 0.3) is 0 Å². The largest absolute Gasteiger partial charge is 0.372 e. The second-order valence-electron chi connectivity index (χ2n) is 4.92. The highest BCUT2D eigenvalue weighted by molar-refractivity contribution is 9.10. The first-order valence-electron chi connectivity index (χ1n) is 6.69. The van der Waals surface area contributed by atoms with Crippen LogP contribution in [0.15, 0.2) is 57.5 Å². The van der Waals surface area contributed by atoms with Crippen molar-refractivity contribution >= 4 is 55.0 Å². The van der Waals surface area contributed by atoms with Gasteiger partial charge >= 0.3 is 0 Å². The van der Waals surface area contributed by atoms with Gasteiger partial charge < -0.3 is 5.32 Å². The van der Waals surface area contributed by atoms with Gasteiger partial charge in [0.15, 0.2) is 0 Å². The molecule has 6 heteroatoms. The number of halogens is 2. The third-order valence-electron chi connectivity index (χ3n) is 3.44. The topological polar surface area (TPSA) is 49.4 Å². The fourth-order valence-electron chi connectivity index (χ4n) is 2.37. The molecule has 1 atom stereocenters. The number of benzene rings is 2. The number of imide groups is 1. The van der Waals surface area contributed by atoms with Crippen molar-refractivity contribution in [2.24, 2.45) is 0 Å².